The van der Waals surface area contributed by atoms with Crippen molar-refractivity contribution in [3.05, 3.63) is 58.7 Å². The second kappa shape index (κ2) is 35.3. The first-order valence-corrected chi connectivity index (χ1v) is 21.9. The lowest BCUT2D eigenvalue weighted by Gasteiger charge is -2.36. The Morgan fingerprint density at radius 3 is 1.55 bits per heavy atom. The van der Waals surface area contributed by atoms with Gasteiger partial charge in [-0.1, -0.05) is 113 Å². The van der Waals surface area contributed by atoms with Gasteiger partial charge in [0, 0.05) is 27.4 Å². The molecular weight excluding hydrogens is 701 g/mol. The summed E-state index contributed by atoms with van der Waals surface area (Å²) in [6.07, 6.45) is 4.24. The van der Waals surface area contributed by atoms with E-state index in [0.717, 1.165) is 49.8 Å². The average molecular weight is 785 g/mol. The number of fused-ring (bicyclic) bond motifs is 3. The van der Waals surface area contributed by atoms with Crippen LogP contribution in [0.3, 0.4) is 0 Å². The molecule has 2 aromatic carbocycles. The number of methoxy groups -OCH3 is 1. The van der Waals surface area contributed by atoms with Crippen molar-refractivity contribution in [3.8, 4) is 11.1 Å². The molecule has 0 radical (unpaired) electrons. The number of thioether (sulfide) groups is 1. The molecule has 0 heterocycles. The first-order chi connectivity index (χ1) is 25.3. The SMILES string of the molecule is CC.CC.CC(C)CCN.CCCSCCCOC1c2ccc(C(C)C)cc2-c2cc(C(C)C)ccc2C1OCCCS.CNO.COC(C)(C)CO. The number of hydrogen-bond acceptors (Lipinski definition) is 9. The third-order valence-electron chi connectivity index (χ3n) is 8.02. The van der Waals surface area contributed by atoms with E-state index in [1.165, 1.54) is 52.6 Å². The molecule has 0 saturated carbocycles. The van der Waals surface area contributed by atoms with Crippen LogP contribution < -0.4 is 11.2 Å². The molecule has 2 atom stereocenters. The summed E-state index contributed by atoms with van der Waals surface area (Å²) >= 11 is 6.41. The van der Waals surface area contributed by atoms with E-state index in [1.807, 2.05) is 53.3 Å². The number of benzene rings is 2. The van der Waals surface area contributed by atoms with Gasteiger partial charge in [0.2, 0.25) is 0 Å². The van der Waals surface area contributed by atoms with Gasteiger partial charge in [-0.15, -0.1) is 0 Å². The standard InChI is InChI=1S/C29H42O2S2.C5H13N.C5H12O2.2C2H6.CH5NO/c1-6-16-33-17-8-14-31-29-25-12-10-23(21(4)5)19-27(25)26-18-22(20(2)3)9-11-24(26)28(29)30-13-7-15-32;1-5(2)3-4-6;1-5(2,4-6)7-3;2*1-2;1-2-3/h9-12,18-21,28-29,32H,6-8,13-17H2,1-5H3;5H,3-4,6H2,1-2H3;6H,4H2,1-3H3;2*1-2H3;2-3H,1H3. The van der Waals surface area contributed by atoms with Crippen LogP contribution in [0, 0.1) is 5.92 Å². The Labute approximate surface area is 337 Å². The number of ether oxygens (including phenoxy) is 3. The van der Waals surface area contributed by atoms with E-state index in [2.05, 4.69) is 97.5 Å². The molecule has 0 spiro atoms. The molecule has 0 bridgehead atoms. The topological polar surface area (TPSA) is 106 Å². The molecule has 53 heavy (non-hydrogen) atoms. The minimum atomic E-state index is -0.361. The highest BCUT2D eigenvalue weighted by atomic mass is 32.2. The molecule has 0 amide bonds. The highest BCUT2D eigenvalue weighted by Gasteiger charge is 2.36. The monoisotopic (exact) mass is 785 g/mol. The predicted molar refractivity (Wildman–Crippen MR) is 238 cm³/mol. The van der Waals surface area contributed by atoms with Gasteiger partial charge in [-0.3, -0.25) is 0 Å². The number of aliphatic hydroxyl groups excluding tert-OH is 1. The van der Waals surface area contributed by atoms with E-state index in [4.69, 9.17) is 30.3 Å². The number of rotatable bonds is 17. The minimum absolute atomic E-state index is 0.0729. The number of thiol groups is 1. The van der Waals surface area contributed by atoms with E-state index in [1.54, 1.807) is 12.6 Å². The summed E-state index contributed by atoms with van der Waals surface area (Å²) < 4.78 is 18.0. The fraction of sp³-hybridized carbons (Fsp3) is 0.727. The molecule has 3 rings (SSSR count). The van der Waals surface area contributed by atoms with Crippen molar-refractivity contribution in [1.82, 2.24) is 5.48 Å². The van der Waals surface area contributed by atoms with Gasteiger partial charge in [-0.25, -0.2) is 5.48 Å². The Hall–Kier alpha value is -1.14. The van der Waals surface area contributed by atoms with Crippen LogP contribution in [0.15, 0.2) is 36.4 Å². The Bertz CT molecular complexity index is 1110. The van der Waals surface area contributed by atoms with Crippen molar-refractivity contribution in [2.24, 2.45) is 11.7 Å². The van der Waals surface area contributed by atoms with Gasteiger partial charge in [-0.05, 0) is 114 Å². The second-order valence-electron chi connectivity index (χ2n) is 13.9. The first kappa shape index (κ1) is 56.2. The molecular formula is C44H84N2O5S2. The molecule has 2 aromatic rings. The summed E-state index contributed by atoms with van der Waals surface area (Å²) in [4.78, 5) is 0. The molecule has 1 aliphatic rings. The molecule has 7 nitrogen and oxygen atoms in total. The minimum Gasteiger partial charge on any atom is -0.393 e. The average Bonchev–Trinajstić information content (AvgIpc) is 3.15. The highest BCUT2D eigenvalue weighted by molar-refractivity contribution is 7.99. The Kier molecular flexibility index (Phi) is 37.4. The van der Waals surface area contributed by atoms with Gasteiger partial charge in [0.1, 0.15) is 12.2 Å². The van der Waals surface area contributed by atoms with Crippen LogP contribution in [0.25, 0.3) is 11.1 Å². The van der Waals surface area contributed by atoms with Gasteiger partial charge >= 0.3 is 0 Å². The maximum absolute atomic E-state index is 8.47. The summed E-state index contributed by atoms with van der Waals surface area (Å²) in [6, 6.07) is 13.9. The van der Waals surface area contributed by atoms with E-state index >= 15 is 0 Å². The maximum Gasteiger partial charge on any atom is 0.113 e. The second-order valence-corrected chi connectivity index (χ2v) is 15.6. The zero-order valence-electron chi connectivity index (χ0n) is 36.7. The number of nitrogens with two attached hydrogens (primary N) is 1. The third-order valence-corrected chi connectivity index (χ3v) is 9.61. The molecule has 312 valence electrons. The van der Waals surface area contributed by atoms with Crippen LogP contribution >= 0.6 is 24.4 Å². The summed E-state index contributed by atoms with van der Waals surface area (Å²) in [5.41, 5.74) is 14.5. The quantitative estimate of drug-likeness (QED) is 0.0613. The molecule has 2 unspecified atom stereocenters. The molecule has 0 aromatic heterocycles. The fourth-order valence-electron chi connectivity index (χ4n) is 4.80. The van der Waals surface area contributed by atoms with Crippen LogP contribution in [-0.2, 0) is 14.2 Å². The van der Waals surface area contributed by atoms with Gasteiger partial charge in [0.25, 0.3) is 0 Å². The lowest BCUT2D eigenvalue weighted by atomic mass is 9.79. The van der Waals surface area contributed by atoms with E-state index in [-0.39, 0.29) is 24.4 Å². The Morgan fingerprint density at radius 2 is 1.26 bits per heavy atom. The van der Waals surface area contributed by atoms with Gasteiger partial charge in [-0.2, -0.15) is 24.4 Å². The summed E-state index contributed by atoms with van der Waals surface area (Å²) in [6.45, 7) is 29.7. The fourth-order valence-corrected chi connectivity index (χ4v) is 5.74. The van der Waals surface area contributed by atoms with Crippen LogP contribution in [-0.4, -0.2) is 73.7 Å². The number of hydrogen-bond donors (Lipinski definition) is 5. The molecule has 0 saturated heterocycles. The van der Waals surface area contributed by atoms with Gasteiger partial charge in [0.05, 0.1) is 12.2 Å². The molecule has 0 fully saturated rings. The summed E-state index contributed by atoms with van der Waals surface area (Å²) in [7, 11) is 3.01. The van der Waals surface area contributed by atoms with Crippen molar-refractivity contribution in [1.29, 1.82) is 0 Å². The Morgan fingerprint density at radius 1 is 0.830 bits per heavy atom. The van der Waals surface area contributed by atoms with Crippen LogP contribution in [0.1, 0.15) is 162 Å². The highest BCUT2D eigenvalue weighted by Crippen LogP contribution is 2.49. The zero-order valence-corrected chi connectivity index (χ0v) is 38.4. The lowest BCUT2D eigenvalue weighted by Crippen LogP contribution is -2.26. The van der Waals surface area contributed by atoms with Crippen LogP contribution in [0.5, 0.6) is 0 Å². The van der Waals surface area contributed by atoms with Crippen LogP contribution in [0.2, 0.25) is 0 Å². The van der Waals surface area contributed by atoms with Crippen molar-refractivity contribution >= 4 is 24.4 Å². The first-order valence-electron chi connectivity index (χ1n) is 20.1. The Balaban J connectivity index is -0.00000103. The lowest BCUT2D eigenvalue weighted by molar-refractivity contribution is -0.0787. The molecule has 0 aliphatic heterocycles. The van der Waals surface area contributed by atoms with E-state index in [9.17, 15) is 0 Å². The molecule has 5 N–H and O–H groups in total. The summed E-state index contributed by atoms with van der Waals surface area (Å²) in [5, 5.41) is 15.8. The summed E-state index contributed by atoms with van der Waals surface area (Å²) in [5.74, 6) is 4.97. The van der Waals surface area contributed by atoms with E-state index < -0.39 is 0 Å². The zero-order chi connectivity index (χ0) is 41.4. The van der Waals surface area contributed by atoms with Crippen molar-refractivity contribution in [3.63, 3.8) is 0 Å². The smallest absolute Gasteiger partial charge is 0.113 e. The number of aliphatic hydroxyl groups is 1. The van der Waals surface area contributed by atoms with Crippen molar-refractivity contribution in [2.45, 2.75) is 145 Å². The molecule has 9 heteroatoms. The van der Waals surface area contributed by atoms with E-state index in [0.29, 0.717) is 18.4 Å². The van der Waals surface area contributed by atoms with Crippen molar-refractivity contribution < 1.29 is 24.5 Å². The number of hydroxylamine groups is 1. The largest absolute Gasteiger partial charge is 0.393 e. The molecule has 1 aliphatic carbocycles. The predicted octanol–water partition coefficient (Wildman–Crippen LogP) is 11.6. The van der Waals surface area contributed by atoms with Gasteiger partial charge in [0.15, 0.2) is 0 Å². The maximum atomic E-state index is 8.47. The normalized spacial score (nSPS) is 14.2. The third kappa shape index (κ3) is 24.2. The van der Waals surface area contributed by atoms with Gasteiger partial charge < -0.3 is 30.3 Å². The van der Waals surface area contributed by atoms with Crippen molar-refractivity contribution in [2.75, 3.05) is 57.8 Å². The van der Waals surface area contributed by atoms with Crippen LogP contribution in [0.4, 0.5) is 0 Å². The number of nitrogens with one attached hydrogen (secondary N) is 1.